The minimum atomic E-state index is -0.118. The van der Waals surface area contributed by atoms with Crippen molar-refractivity contribution in [3.8, 4) is 5.75 Å². The number of carbonyl (C=O) groups excluding carboxylic acids is 1. The van der Waals surface area contributed by atoms with Crippen LogP contribution in [0.2, 0.25) is 0 Å². The maximum Gasteiger partial charge on any atom is 0.257 e. The van der Waals surface area contributed by atoms with Crippen LogP contribution in [-0.4, -0.2) is 41.9 Å². The Kier molecular flexibility index (Phi) is 4.55. The summed E-state index contributed by atoms with van der Waals surface area (Å²) in [5, 5.41) is 0. The van der Waals surface area contributed by atoms with Gasteiger partial charge in [-0.15, -0.1) is 11.6 Å². The highest BCUT2D eigenvalue weighted by Gasteiger charge is 2.19. The van der Waals surface area contributed by atoms with Crippen molar-refractivity contribution in [3.63, 3.8) is 0 Å². The van der Waals surface area contributed by atoms with Crippen LogP contribution in [0, 0.1) is 0 Å². The van der Waals surface area contributed by atoms with Crippen LogP contribution in [0.4, 0.5) is 0 Å². The second-order valence-corrected chi connectivity index (χ2v) is 3.80. The van der Waals surface area contributed by atoms with E-state index in [1.165, 1.54) is 13.3 Å². The fraction of sp³-hybridized carbons (Fsp3) is 0.455. The smallest absolute Gasteiger partial charge is 0.257 e. The van der Waals surface area contributed by atoms with E-state index < -0.39 is 0 Å². The highest BCUT2D eigenvalue weighted by atomic mass is 35.5. The minimum absolute atomic E-state index is 0.0213. The maximum absolute atomic E-state index is 12.1. The van der Waals surface area contributed by atoms with Crippen molar-refractivity contribution >= 4 is 17.5 Å². The number of pyridine rings is 1. The summed E-state index contributed by atoms with van der Waals surface area (Å²) < 4.78 is 5.09. The van der Waals surface area contributed by atoms with Crippen molar-refractivity contribution in [3.05, 3.63) is 24.0 Å². The van der Waals surface area contributed by atoms with Crippen LogP contribution < -0.4 is 4.74 Å². The SMILES string of the molecule is COc1cnccc1C(=O)N(C)C(C)CCl. The molecular formula is C11H15ClN2O2. The van der Waals surface area contributed by atoms with Gasteiger partial charge in [-0.2, -0.15) is 0 Å². The van der Waals surface area contributed by atoms with E-state index in [1.807, 2.05) is 6.92 Å². The number of alkyl halides is 1. The molecule has 1 amide bonds. The third-order valence-corrected chi connectivity index (χ3v) is 2.89. The molecule has 4 nitrogen and oxygen atoms in total. The topological polar surface area (TPSA) is 42.4 Å². The molecule has 5 heteroatoms. The molecule has 0 fully saturated rings. The molecule has 1 heterocycles. The summed E-state index contributed by atoms with van der Waals surface area (Å²) in [7, 11) is 3.23. The highest BCUT2D eigenvalue weighted by Crippen LogP contribution is 2.18. The number of halogens is 1. The van der Waals surface area contributed by atoms with E-state index in [4.69, 9.17) is 16.3 Å². The van der Waals surface area contributed by atoms with Crippen LogP contribution >= 0.6 is 11.6 Å². The maximum atomic E-state index is 12.1. The van der Waals surface area contributed by atoms with E-state index in [1.54, 1.807) is 24.2 Å². The summed E-state index contributed by atoms with van der Waals surface area (Å²) in [4.78, 5) is 17.6. The van der Waals surface area contributed by atoms with E-state index >= 15 is 0 Å². The molecule has 0 N–H and O–H groups in total. The van der Waals surface area contributed by atoms with Crippen LogP contribution in [0.15, 0.2) is 18.5 Å². The first-order valence-corrected chi connectivity index (χ1v) is 5.46. The molecule has 0 aromatic carbocycles. The Morgan fingerprint density at radius 2 is 2.38 bits per heavy atom. The first kappa shape index (κ1) is 12.8. The Bertz CT molecular complexity index is 371. The Hall–Kier alpha value is -1.29. The molecule has 0 saturated carbocycles. The normalized spacial score (nSPS) is 12.0. The second kappa shape index (κ2) is 5.70. The molecule has 0 radical (unpaired) electrons. The van der Waals surface area contributed by atoms with Crippen molar-refractivity contribution in [1.29, 1.82) is 0 Å². The number of ether oxygens (including phenoxy) is 1. The summed E-state index contributed by atoms with van der Waals surface area (Å²) >= 11 is 5.71. The molecule has 1 unspecified atom stereocenters. The van der Waals surface area contributed by atoms with Gasteiger partial charge in [-0.25, -0.2) is 0 Å². The predicted octanol–water partition coefficient (Wildman–Crippen LogP) is 1.79. The largest absolute Gasteiger partial charge is 0.494 e. The lowest BCUT2D eigenvalue weighted by atomic mass is 10.2. The van der Waals surface area contributed by atoms with Crippen molar-refractivity contribution in [2.24, 2.45) is 0 Å². The fourth-order valence-corrected chi connectivity index (χ4v) is 1.42. The molecule has 1 aromatic rings. The number of rotatable bonds is 4. The Morgan fingerprint density at radius 1 is 1.69 bits per heavy atom. The van der Waals surface area contributed by atoms with Gasteiger partial charge in [0.25, 0.3) is 5.91 Å². The summed E-state index contributed by atoms with van der Waals surface area (Å²) in [5.74, 6) is 0.754. The number of nitrogens with zero attached hydrogens (tertiary/aromatic N) is 2. The first-order valence-electron chi connectivity index (χ1n) is 4.93. The van der Waals surface area contributed by atoms with Gasteiger partial charge in [0.15, 0.2) is 0 Å². The molecule has 16 heavy (non-hydrogen) atoms. The van der Waals surface area contributed by atoms with E-state index in [2.05, 4.69) is 4.98 Å². The average molecular weight is 243 g/mol. The van der Waals surface area contributed by atoms with Gasteiger partial charge < -0.3 is 9.64 Å². The van der Waals surface area contributed by atoms with E-state index in [0.717, 1.165) is 0 Å². The molecule has 88 valence electrons. The van der Waals surface area contributed by atoms with Crippen molar-refractivity contribution in [1.82, 2.24) is 9.88 Å². The summed E-state index contributed by atoms with van der Waals surface area (Å²) in [5.41, 5.74) is 0.497. The molecule has 0 spiro atoms. The molecule has 1 atom stereocenters. The number of aromatic nitrogens is 1. The number of hydrogen-bond acceptors (Lipinski definition) is 3. The van der Waals surface area contributed by atoms with Gasteiger partial charge in [0.05, 0.1) is 18.9 Å². The standard InChI is InChI=1S/C11H15ClN2O2/c1-8(6-12)14(2)11(15)9-4-5-13-7-10(9)16-3/h4-5,7-8H,6H2,1-3H3. The molecule has 0 aliphatic rings. The summed E-state index contributed by atoms with van der Waals surface area (Å²) in [6.07, 6.45) is 3.08. The lowest BCUT2D eigenvalue weighted by molar-refractivity contribution is 0.0753. The Morgan fingerprint density at radius 3 is 2.94 bits per heavy atom. The molecule has 0 bridgehead atoms. The van der Waals surface area contributed by atoms with Gasteiger partial charge in [0.2, 0.25) is 0 Å². The third-order valence-electron chi connectivity index (χ3n) is 2.44. The minimum Gasteiger partial charge on any atom is -0.494 e. The molecule has 0 aliphatic carbocycles. The lowest BCUT2D eigenvalue weighted by Gasteiger charge is -2.23. The van der Waals surface area contributed by atoms with Crippen molar-refractivity contribution in [2.75, 3.05) is 20.0 Å². The van der Waals surface area contributed by atoms with Gasteiger partial charge in [-0.3, -0.25) is 9.78 Å². The van der Waals surface area contributed by atoms with Crippen LogP contribution in [-0.2, 0) is 0 Å². The number of hydrogen-bond donors (Lipinski definition) is 0. The quantitative estimate of drug-likeness (QED) is 0.756. The van der Waals surface area contributed by atoms with Crippen LogP contribution in [0.3, 0.4) is 0 Å². The molecule has 0 aliphatic heterocycles. The van der Waals surface area contributed by atoms with Crippen LogP contribution in [0.1, 0.15) is 17.3 Å². The number of carbonyl (C=O) groups is 1. The molecule has 0 saturated heterocycles. The van der Waals surface area contributed by atoms with E-state index in [9.17, 15) is 4.79 Å². The molecule has 1 rings (SSSR count). The monoisotopic (exact) mass is 242 g/mol. The van der Waals surface area contributed by atoms with Gasteiger partial charge >= 0.3 is 0 Å². The van der Waals surface area contributed by atoms with Gasteiger partial charge in [0.1, 0.15) is 5.75 Å². The lowest BCUT2D eigenvalue weighted by Crippen LogP contribution is -2.36. The molecular weight excluding hydrogens is 228 g/mol. The van der Waals surface area contributed by atoms with Crippen LogP contribution in [0.5, 0.6) is 5.75 Å². The first-order chi connectivity index (χ1) is 7.61. The zero-order valence-electron chi connectivity index (χ0n) is 9.61. The second-order valence-electron chi connectivity index (χ2n) is 3.50. The van der Waals surface area contributed by atoms with E-state index in [-0.39, 0.29) is 11.9 Å². The Balaban J connectivity index is 2.95. The predicted molar refractivity (Wildman–Crippen MR) is 63.1 cm³/mol. The summed E-state index contributed by atoms with van der Waals surface area (Å²) in [6.45, 7) is 1.89. The zero-order valence-corrected chi connectivity index (χ0v) is 10.4. The third kappa shape index (κ3) is 2.64. The fourth-order valence-electron chi connectivity index (χ4n) is 1.21. The Labute approximate surface area is 100 Å². The molecule has 1 aromatic heterocycles. The summed E-state index contributed by atoms with van der Waals surface area (Å²) in [6, 6.07) is 1.62. The van der Waals surface area contributed by atoms with Gasteiger partial charge in [-0.1, -0.05) is 0 Å². The average Bonchev–Trinajstić information content (AvgIpc) is 2.35. The zero-order chi connectivity index (χ0) is 12.1. The van der Waals surface area contributed by atoms with Crippen molar-refractivity contribution in [2.45, 2.75) is 13.0 Å². The number of methoxy groups -OCH3 is 1. The van der Waals surface area contributed by atoms with Gasteiger partial charge in [-0.05, 0) is 13.0 Å². The van der Waals surface area contributed by atoms with Crippen LogP contribution in [0.25, 0.3) is 0 Å². The highest BCUT2D eigenvalue weighted by molar-refractivity contribution is 6.18. The van der Waals surface area contributed by atoms with Gasteiger partial charge in [0, 0.05) is 25.2 Å². The number of amides is 1. The van der Waals surface area contributed by atoms with Crippen molar-refractivity contribution < 1.29 is 9.53 Å². The van der Waals surface area contributed by atoms with E-state index in [0.29, 0.717) is 17.2 Å².